The SMILES string of the molecule is CC(Oc1ccc([N+](=O)[O-])cc1)C(=O)NNC(=O)Cc1ccc(Cl)cc1. The minimum Gasteiger partial charge on any atom is -0.481 e. The highest BCUT2D eigenvalue weighted by Gasteiger charge is 2.16. The van der Waals surface area contributed by atoms with Gasteiger partial charge in [0.15, 0.2) is 6.10 Å². The molecule has 2 amide bonds. The zero-order valence-electron chi connectivity index (χ0n) is 13.8. The fourth-order valence-electron chi connectivity index (χ4n) is 1.97. The number of nitro groups is 1. The molecule has 1 unspecified atom stereocenters. The third-order valence-electron chi connectivity index (χ3n) is 3.33. The van der Waals surface area contributed by atoms with E-state index < -0.39 is 22.8 Å². The number of ether oxygens (including phenoxy) is 1. The molecule has 0 fully saturated rings. The van der Waals surface area contributed by atoms with Crippen molar-refractivity contribution in [2.75, 3.05) is 0 Å². The average molecular weight is 378 g/mol. The number of rotatable bonds is 6. The smallest absolute Gasteiger partial charge is 0.279 e. The summed E-state index contributed by atoms with van der Waals surface area (Å²) in [6.07, 6.45) is -0.832. The molecular weight excluding hydrogens is 362 g/mol. The van der Waals surface area contributed by atoms with Crippen LogP contribution in [0.25, 0.3) is 0 Å². The van der Waals surface area contributed by atoms with Crippen LogP contribution in [0.5, 0.6) is 5.75 Å². The van der Waals surface area contributed by atoms with Crippen molar-refractivity contribution in [3.63, 3.8) is 0 Å². The molecule has 0 aliphatic rings. The summed E-state index contributed by atoms with van der Waals surface area (Å²) in [5, 5.41) is 11.2. The van der Waals surface area contributed by atoms with Gasteiger partial charge in [0.25, 0.3) is 11.6 Å². The van der Waals surface area contributed by atoms with E-state index in [9.17, 15) is 19.7 Å². The number of halogens is 1. The summed E-state index contributed by atoms with van der Waals surface area (Å²) in [6, 6.07) is 12.1. The summed E-state index contributed by atoms with van der Waals surface area (Å²) in [6.45, 7) is 1.49. The Balaban J connectivity index is 1.79. The maximum Gasteiger partial charge on any atom is 0.279 e. The van der Waals surface area contributed by atoms with Gasteiger partial charge in [0.1, 0.15) is 5.75 Å². The maximum atomic E-state index is 11.9. The van der Waals surface area contributed by atoms with Gasteiger partial charge in [-0.25, -0.2) is 0 Å². The molecule has 2 aromatic carbocycles. The van der Waals surface area contributed by atoms with Crippen molar-refractivity contribution in [3.8, 4) is 5.75 Å². The van der Waals surface area contributed by atoms with Gasteiger partial charge in [0.05, 0.1) is 11.3 Å². The van der Waals surface area contributed by atoms with Gasteiger partial charge in [-0.1, -0.05) is 23.7 Å². The molecule has 8 nitrogen and oxygen atoms in total. The van der Waals surface area contributed by atoms with Crippen LogP contribution >= 0.6 is 11.6 Å². The lowest BCUT2D eigenvalue weighted by Crippen LogP contribution is -2.47. The van der Waals surface area contributed by atoms with E-state index in [4.69, 9.17) is 16.3 Å². The van der Waals surface area contributed by atoms with Crippen LogP contribution in [0, 0.1) is 10.1 Å². The Morgan fingerprint density at radius 2 is 1.73 bits per heavy atom. The molecule has 26 heavy (non-hydrogen) atoms. The molecule has 136 valence electrons. The van der Waals surface area contributed by atoms with Crippen molar-refractivity contribution in [3.05, 3.63) is 69.2 Å². The van der Waals surface area contributed by atoms with Crippen LogP contribution < -0.4 is 15.6 Å². The zero-order chi connectivity index (χ0) is 19.1. The standard InChI is InChI=1S/C17H16ClN3O5/c1-11(26-15-8-6-14(7-9-15)21(24)25)17(23)20-19-16(22)10-12-2-4-13(18)5-3-12/h2-9,11H,10H2,1H3,(H,19,22)(H,20,23). The number of amides is 2. The van der Waals surface area contributed by atoms with Crippen LogP contribution in [0.15, 0.2) is 48.5 Å². The number of nitrogens with zero attached hydrogens (tertiary/aromatic N) is 1. The highest BCUT2D eigenvalue weighted by atomic mass is 35.5. The van der Waals surface area contributed by atoms with Crippen molar-refractivity contribution >= 4 is 29.1 Å². The number of carbonyl (C=O) groups excluding carboxylic acids is 2. The van der Waals surface area contributed by atoms with Gasteiger partial charge in [-0.15, -0.1) is 0 Å². The van der Waals surface area contributed by atoms with E-state index in [-0.39, 0.29) is 12.1 Å². The van der Waals surface area contributed by atoms with Crippen molar-refractivity contribution in [1.82, 2.24) is 10.9 Å². The van der Waals surface area contributed by atoms with Gasteiger partial charge in [-0.3, -0.25) is 30.6 Å². The van der Waals surface area contributed by atoms with Gasteiger partial charge in [-0.2, -0.15) is 0 Å². The summed E-state index contributed by atoms with van der Waals surface area (Å²) in [5.74, 6) is -0.665. The van der Waals surface area contributed by atoms with Crippen LogP contribution in [0.2, 0.25) is 5.02 Å². The van der Waals surface area contributed by atoms with Crippen LogP contribution in [-0.4, -0.2) is 22.8 Å². The number of hydrazine groups is 1. The van der Waals surface area contributed by atoms with Crippen molar-refractivity contribution in [2.24, 2.45) is 0 Å². The quantitative estimate of drug-likeness (QED) is 0.593. The van der Waals surface area contributed by atoms with Crippen molar-refractivity contribution in [1.29, 1.82) is 0 Å². The van der Waals surface area contributed by atoms with Crippen LogP contribution in [-0.2, 0) is 16.0 Å². The fraction of sp³-hybridized carbons (Fsp3) is 0.176. The Morgan fingerprint density at radius 3 is 2.31 bits per heavy atom. The molecule has 2 rings (SSSR count). The Kier molecular flexibility index (Phi) is 6.51. The first-order chi connectivity index (χ1) is 12.3. The second kappa shape index (κ2) is 8.82. The van der Waals surface area contributed by atoms with Crippen LogP contribution in [0.4, 0.5) is 5.69 Å². The highest BCUT2D eigenvalue weighted by molar-refractivity contribution is 6.30. The number of non-ortho nitro benzene ring substituents is 1. The predicted molar refractivity (Wildman–Crippen MR) is 94.6 cm³/mol. The molecule has 9 heteroatoms. The molecular formula is C17H16ClN3O5. The van der Waals surface area contributed by atoms with E-state index in [1.807, 2.05) is 0 Å². The number of carbonyl (C=O) groups is 2. The summed E-state index contributed by atoms with van der Waals surface area (Å²) < 4.78 is 5.37. The molecule has 0 bridgehead atoms. The Hall–Kier alpha value is -3.13. The number of hydrogen-bond donors (Lipinski definition) is 2. The Labute approximate surface area is 154 Å². The molecule has 2 N–H and O–H groups in total. The van der Waals surface area contributed by atoms with E-state index in [1.54, 1.807) is 24.3 Å². The van der Waals surface area contributed by atoms with E-state index in [0.717, 1.165) is 5.56 Å². The second-order valence-electron chi connectivity index (χ2n) is 5.35. The lowest BCUT2D eigenvalue weighted by atomic mass is 10.1. The fourth-order valence-corrected chi connectivity index (χ4v) is 2.09. The molecule has 0 heterocycles. The van der Waals surface area contributed by atoms with Gasteiger partial charge in [0.2, 0.25) is 5.91 Å². The summed E-state index contributed by atoms with van der Waals surface area (Å²) in [5.41, 5.74) is 5.23. The summed E-state index contributed by atoms with van der Waals surface area (Å²) in [4.78, 5) is 33.8. The first kappa shape index (κ1) is 19.2. The third kappa shape index (κ3) is 5.75. The van der Waals surface area contributed by atoms with E-state index in [0.29, 0.717) is 10.8 Å². The topological polar surface area (TPSA) is 111 Å². The minimum absolute atomic E-state index is 0.0784. The molecule has 0 saturated heterocycles. The molecule has 0 radical (unpaired) electrons. The van der Waals surface area contributed by atoms with Gasteiger partial charge in [0, 0.05) is 17.2 Å². The Morgan fingerprint density at radius 1 is 1.12 bits per heavy atom. The van der Waals surface area contributed by atoms with Crippen molar-refractivity contribution < 1.29 is 19.2 Å². The van der Waals surface area contributed by atoms with E-state index >= 15 is 0 Å². The highest BCUT2D eigenvalue weighted by Crippen LogP contribution is 2.18. The minimum atomic E-state index is -0.910. The molecule has 2 aromatic rings. The largest absolute Gasteiger partial charge is 0.481 e. The summed E-state index contributed by atoms with van der Waals surface area (Å²) in [7, 11) is 0. The predicted octanol–water partition coefficient (Wildman–Crippen LogP) is 2.41. The first-order valence-electron chi connectivity index (χ1n) is 7.59. The molecule has 0 aromatic heterocycles. The maximum absolute atomic E-state index is 11.9. The normalized spacial score (nSPS) is 11.3. The lowest BCUT2D eigenvalue weighted by Gasteiger charge is -2.15. The number of benzene rings is 2. The van der Waals surface area contributed by atoms with Crippen molar-refractivity contribution in [2.45, 2.75) is 19.4 Å². The number of nitro benzene ring substituents is 1. The number of hydrogen-bond acceptors (Lipinski definition) is 5. The molecule has 1 atom stereocenters. The molecule has 0 saturated carbocycles. The zero-order valence-corrected chi connectivity index (χ0v) is 14.5. The van der Waals surface area contributed by atoms with Gasteiger partial charge >= 0.3 is 0 Å². The first-order valence-corrected chi connectivity index (χ1v) is 7.97. The van der Waals surface area contributed by atoms with E-state index in [2.05, 4.69) is 10.9 Å². The molecule has 0 aliphatic heterocycles. The Bertz CT molecular complexity index is 793. The second-order valence-corrected chi connectivity index (χ2v) is 5.79. The lowest BCUT2D eigenvalue weighted by molar-refractivity contribution is -0.384. The van der Waals surface area contributed by atoms with Crippen LogP contribution in [0.3, 0.4) is 0 Å². The third-order valence-corrected chi connectivity index (χ3v) is 3.58. The molecule has 0 spiro atoms. The van der Waals surface area contributed by atoms with Gasteiger partial charge < -0.3 is 4.74 Å². The van der Waals surface area contributed by atoms with E-state index in [1.165, 1.54) is 31.2 Å². The monoisotopic (exact) mass is 377 g/mol. The number of nitrogens with one attached hydrogen (secondary N) is 2. The van der Waals surface area contributed by atoms with Crippen LogP contribution in [0.1, 0.15) is 12.5 Å². The average Bonchev–Trinajstić information content (AvgIpc) is 2.62. The van der Waals surface area contributed by atoms with Gasteiger partial charge in [-0.05, 0) is 36.8 Å². The summed E-state index contributed by atoms with van der Waals surface area (Å²) >= 11 is 5.77. The molecule has 0 aliphatic carbocycles.